The molecule has 1 aromatic rings. The first kappa shape index (κ1) is 15.4. The first-order valence-electron chi connectivity index (χ1n) is 6.37. The molecule has 0 aromatic carbocycles. The van der Waals surface area contributed by atoms with E-state index >= 15 is 0 Å². The van der Waals surface area contributed by atoms with Crippen LogP contribution >= 0.6 is 0 Å². The number of aryl methyl sites for hydroxylation is 1. The highest BCUT2D eigenvalue weighted by Gasteiger charge is 2.24. The molecule has 1 unspecified atom stereocenters. The van der Waals surface area contributed by atoms with Crippen molar-refractivity contribution in [3.63, 3.8) is 0 Å². The maximum Gasteiger partial charge on any atom is 0.290 e. The molecule has 3 N–H and O–H groups in total. The number of hydrogen-bond acceptors (Lipinski definition) is 5. The van der Waals surface area contributed by atoms with Gasteiger partial charge in [0.1, 0.15) is 11.5 Å². The molecular weight excluding hydrogens is 244 g/mol. The van der Waals surface area contributed by atoms with Crippen LogP contribution in [0.15, 0.2) is 12.1 Å². The highest BCUT2D eigenvalue weighted by Crippen LogP contribution is 2.23. The molecular formula is C13H22N4O2. The third-order valence-corrected chi connectivity index (χ3v) is 2.99. The molecule has 0 fully saturated rings. The Morgan fingerprint density at radius 3 is 2.58 bits per heavy atom. The number of hydrogen-bond donors (Lipinski definition) is 2. The van der Waals surface area contributed by atoms with E-state index in [1.165, 1.54) is 6.07 Å². The van der Waals surface area contributed by atoms with Crippen molar-refractivity contribution in [3.05, 3.63) is 27.9 Å². The Bertz CT molecular complexity index is 462. The van der Waals surface area contributed by atoms with Crippen molar-refractivity contribution >= 4 is 11.5 Å². The lowest BCUT2D eigenvalue weighted by atomic mass is 9.91. The largest absolute Gasteiger partial charge is 0.364 e. The molecule has 0 bridgehead atoms. The molecule has 106 valence electrons. The van der Waals surface area contributed by atoms with Gasteiger partial charge in [-0.15, -0.1) is 0 Å². The molecule has 0 aliphatic rings. The van der Waals surface area contributed by atoms with Gasteiger partial charge in [0.05, 0.1) is 4.92 Å². The second-order valence-corrected chi connectivity index (χ2v) is 5.55. The number of rotatable bonds is 6. The van der Waals surface area contributed by atoms with Crippen LogP contribution in [0.1, 0.15) is 32.9 Å². The van der Waals surface area contributed by atoms with E-state index in [4.69, 9.17) is 5.73 Å². The second-order valence-electron chi connectivity index (χ2n) is 5.55. The van der Waals surface area contributed by atoms with Crippen molar-refractivity contribution in [2.24, 2.45) is 11.7 Å². The molecule has 6 nitrogen and oxygen atoms in total. The highest BCUT2D eigenvalue weighted by atomic mass is 16.6. The van der Waals surface area contributed by atoms with Crippen molar-refractivity contribution in [2.45, 2.75) is 39.7 Å². The summed E-state index contributed by atoms with van der Waals surface area (Å²) in [5.41, 5.74) is 5.99. The second kappa shape index (κ2) is 5.97. The molecule has 0 aliphatic heterocycles. The van der Waals surface area contributed by atoms with Crippen LogP contribution in [0.5, 0.6) is 0 Å². The summed E-state index contributed by atoms with van der Waals surface area (Å²) < 4.78 is 0. The molecule has 0 aliphatic carbocycles. The predicted molar refractivity (Wildman–Crippen MR) is 76.2 cm³/mol. The fourth-order valence-electron chi connectivity index (χ4n) is 2.21. The van der Waals surface area contributed by atoms with E-state index < -0.39 is 4.92 Å². The summed E-state index contributed by atoms with van der Waals surface area (Å²) in [7, 11) is 0. The third-order valence-electron chi connectivity index (χ3n) is 2.99. The summed E-state index contributed by atoms with van der Waals surface area (Å²) in [6.07, 6.45) is 0.904. The number of pyridine rings is 1. The SMILES string of the molecule is Cc1nc(NC(C)(CN)CC(C)C)ccc1[N+](=O)[O-]. The van der Waals surface area contributed by atoms with E-state index in [0.29, 0.717) is 24.0 Å². The van der Waals surface area contributed by atoms with Gasteiger partial charge in [-0.05, 0) is 32.3 Å². The van der Waals surface area contributed by atoms with E-state index in [1.54, 1.807) is 13.0 Å². The van der Waals surface area contributed by atoms with Crippen LogP contribution in [0.2, 0.25) is 0 Å². The Balaban J connectivity index is 2.92. The fraction of sp³-hybridized carbons (Fsp3) is 0.615. The van der Waals surface area contributed by atoms with Crippen LogP contribution in [-0.2, 0) is 0 Å². The molecule has 0 spiro atoms. The van der Waals surface area contributed by atoms with Crippen molar-refractivity contribution < 1.29 is 4.92 Å². The predicted octanol–water partition coefficient (Wildman–Crippen LogP) is 2.47. The van der Waals surface area contributed by atoms with Gasteiger partial charge in [-0.3, -0.25) is 10.1 Å². The number of nitro groups is 1. The molecule has 1 atom stereocenters. The fourth-order valence-corrected chi connectivity index (χ4v) is 2.21. The third kappa shape index (κ3) is 4.17. The van der Waals surface area contributed by atoms with Gasteiger partial charge in [-0.1, -0.05) is 13.8 Å². The first-order chi connectivity index (χ1) is 8.77. The Kier molecular flexibility index (Phi) is 4.83. The van der Waals surface area contributed by atoms with E-state index in [2.05, 4.69) is 24.1 Å². The zero-order valence-electron chi connectivity index (χ0n) is 11.9. The van der Waals surface area contributed by atoms with E-state index in [0.717, 1.165) is 6.42 Å². The highest BCUT2D eigenvalue weighted by molar-refractivity contribution is 5.46. The lowest BCUT2D eigenvalue weighted by Gasteiger charge is -2.31. The molecule has 6 heteroatoms. The van der Waals surface area contributed by atoms with Crippen molar-refractivity contribution in [1.82, 2.24) is 4.98 Å². The molecule has 1 heterocycles. The Hall–Kier alpha value is -1.69. The van der Waals surface area contributed by atoms with Crippen LogP contribution in [0.3, 0.4) is 0 Å². The van der Waals surface area contributed by atoms with Gasteiger partial charge in [0.25, 0.3) is 5.69 Å². The summed E-state index contributed by atoms with van der Waals surface area (Å²) >= 11 is 0. The topological polar surface area (TPSA) is 94.1 Å². The monoisotopic (exact) mass is 266 g/mol. The van der Waals surface area contributed by atoms with Gasteiger partial charge in [-0.25, -0.2) is 4.98 Å². The van der Waals surface area contributed by atoms with Crippen LogP contribution in [0.4, 0.5) is 11.5 Å². The molecule has 0 saturated heterocycles. The lowest BCUT2D eigenvalue weighted by Crippen LogP contribution is -2.43. The average Bonchev–Trinajstić information content (AvgIpc) is 2.27. The lowest BCUT2D eigenvalue weighted by molar-refractivity contribution is -0.385. The molecule has 1 aromatic heterocycles. The quantitative estimate of drug-likeness (QED) is 0.609. The van der Waals surface area contributed by atoms with Gasteiger partial charge in [-0.2, -0.15) is 0 Å². The van der Waals surface area contributed by atoms with E-state index in [-0.39, 0.29) is 11.2 Å². The van der Waals surface area contributed by atoms with Crippen LogP contribution in [0, 0.1) is 23.0 Å². The standard InChI is InChI=1S/C13H22N4O2/c1-9(2)7-13(4,8-14)16-12-6-5-11(17(18)19)10(3)15-12/h5-6,9H,7-8,14H2,1-4H3,(H,15,16). The van der Waals surface area contributed by atoms with Gasteiger partial charge in [0.15, 0.2) is 0 Å². The molecule has 0 amide bonds. The number of nitrogens with two attached hydrogens (primary N) is 1. The van der Waals surface area contributed by atoms with Gasteiger partial charge < -0.3 is 11.1 Å². The number of anilines is 1. The zero-order valence-corrected chi connectivity index (χ0v) is 11.9. The van der Waals surface area contributed by atoms with E-state index in [1.807, 2.05) is 6.92 Å². The van der Waals surface area contributed by atoms with Crippen LogP contribution in [0.25, 0.3) is 0 Å². The summed E-state index contributed by atoms with van der Waals surface area (Å²) in [5.74, 6) is 1.12. The zero-order chi connectivity index (χ0) is 14.6. The number of aromatic nitrogens is 1. The first-order valence-corrected chi connectivity index (χ1v) is 6.37. The van der Waals surface area contributed by atoms with Gasteiger partial charge in [0, 0.05) is 18.2 Å². The molecule has 19 heavy (non-hydrogen) atoms. The Morgan fingerprint density at radius 2 is 2.16 bits per heavy atom. The number of nitrogens with zero attached hydrogens (tertiary/aromatic N) is 2. The van der Waals surface area contributed by atoms with Crippen molar-refractivity contribution in [1.29, 1.82) is 0 Å². The number of nitrogens with one attached hydrogen (secondary N) is 1. The maximum atomic E-state index is 10.7. The minimum Gasteiger partial charge on any atom is -0.364 e. The van der Waals surface area contributed by atoms with Crippen LogP contribution < -0.4 is 11.1 Å². The Labute approximate surface area is 113 Å². The van der Waals surface area contributed by atoms with E-state index in [9.17, 15) is 10.1 Å². The normalized spacial score (nSPS) is 14.2. The summed E-state index contributed by atoms with van der Waals surface area (Å²) in [6, 6.07) is 3.09. The Morgan fingerprint density at radius 1 is 1.53 bits per heavy atom. The maximum absolute atomic E-state index is 10.7. The minimum absolute atomic E-state index is 0.0314. The van der Waals surface area contributed by atoms with Crippen LogP contribution in [-0.4, -0.2) is 22.0 Å². The van der Waals surface area contributed by atoms with Gasteiger partial charge >= 0.3 is 0 Å². The smallest absolute Gasteiger partial charge is 0.290 e. The average molecular weight is 266 g/mol. The molecule has 1 rings (SSSR count). The van der Waals surface area contributed by atoms with Crippen molar-refractivity contribution in [2.75, 3.05) is 11.9 Å². The van der Waals surface area contributed by atoms with Crippen molar-refractivity contribution in [3.8, 4) is 0 Å². The minimum atomic E-state index is -0.428. The molecule has 0 radical (unpaired) electrons. The summed E-state index contributed by atoms with van der Waals surface area (Å²) in [6.45, 7) is 8.40. The summed E-state index contributed by atoms with van der Waals surface area (Å²) in [4.78, 5) is 14.5. The summed E-state index contributed by atoms with van der Waals surface area (Å²) in [5, 5.41) is 14.0. The van der Waals surface area contributed by atoms with Gasteiger partial charge in [0.2, 0.25) is 0 Å². The molecule has 0 saturated carbocycles.